The minimum Gasteiger partial charge on any atom is -0.504 e. The maximum atomic E-state index is 14.1. The number of sulfonamides is 1. The largest absolute Gasteiger partial charge is 0.504 e. The van der Waals surface area contributed by atoms with Gasteiger partial charge in [0.25, 0.3) is 10.0 Å². The van der Waals surface area contributed by atoms with Crippen LogP contribution in [-0.2, 0) is 16.4 Å². The molecular weight excluding hydrogens is 582 g/mol. The Morgan fingerprint density at radius 1 is 1.05 bits per heavy atom. The fourth-order valence-electron chi connectivity index (χ4n) is 4.18. The van der Waals surface area contributed by atoms with Crippen LogP contribution in [0.15, 0.2) is 89.0 Å². The van der Waals surface area contributed by atoms with Crippen molar-refractivity contribution in [1.29, 1.82) is 0 Å². The second kappa shape index (κ2) is 12.0. The first-order valence-corrected chi connectivity index (χ1v) is 14.8. The Labute approximate surface area is 245 Å². The van der Waals surface area contributed by atoms with Gasteiger partial charge >= 0.3 is 0 Å². The molecule has 0 aliphatic carbocycles. The molecule has 8 nitrogen and oxygen atoms in total. The van der Waals surface area contributed by atoms with Crippen molar-refractivity contribution in [3.63, 3.8) is 0 Å². The average molecular weight is 607 g/mol. The number of para-hydroxylation sites is 1. The van der Waals surface area contributed by atoms with E-state index in [4.69, 9.17) is 4.74 Å². The molecule has 0 saturated carbocycles. The Bertz CT molecular complexity index is 1900. The zero-order valence-corrected chi connectivity index (χ0v) is 24.0. The maximum Gasteiger partial charge on any atom is 0.281 e. The SMILES string of the molecule is COc1cccc(/C=N/c2cnc(S(=O)(=O)Nc3nc(-c4ccc(F)c(F)c4)c(Cc4ccccc4)s3)c(C)c2)c1O. The number of rotatable bonds is 9. The van der Waals surface area contributed by atoms with E-state index in [1.54, 1.807) is 31.2 Å². The standard InChI is InChI=1S/C30H24F2N4O4S2/c1-18-13-22(33-16-21-9-6-10-25(40-2)28(21)37)17-34-29(18)42(38,39)36-30-35-27(20-11-12-23(31)24(32)15-20)26(41-30)14-19-7-4-3-5-8-19/h3-13,15-17,37H,14H2,1-2H3,(H,35,36)/b33-16+. The van der Waals surface area contributed by atoms with Gasteiger partial charge in [-0.15, -0.1) is 11.3 Å². The Hall–Kier alpha value is -4.68. The van der Waals surface area contributed by atoms with Crippen molar-refractivity contribution in [3.05, 3.63) is 112 Å². The highest BCUT2D eigenvalue weighted by Crippen LogP contribution is 2.35. The minimum absolute atomic E-state index is 0.0532. The van der Waals surface area contributed by atoms with Crippen LogP contribution >= 0.6 is 11.3 Å². The molecule has 0 aliphatic heterocycles. The summed E-state index contributed by atoms with van der Waals surface area (Å²) in [4.78, 5) is 13.5. The lowest BCUT2D eigenvalue weighted by atomic mass is 10.1. The Balaban J connectivity index is 1.43. The number of halogens is 2. The number of hydrogen-bond donors (Lipinski definition) is 2. The van der Waals surface area contributed by atoms with Gasteiger partial charge in [0.05, 0.1) is 24.7 Å². The highest BCUT2D eigenvalue weighted by atomic mass is 32.2. The highest BCUT2D eigenvalue weighted by molar-refractivity contribution is 7.92. The number of phenolic OH excluding ortho intramolecular Hbond substituents is 1. The number of aliphatic imine (C=N–C) groups is 1. The van der Waals surface area contributed by atoms with Gasteiger partial charge in [-0.25, -0.2) is 18.7 Å². The van der Waals surface area contributed by atoms with E-state index in [1.807, 2.05) is 30.3 Å². The normalized spacial score (nSPS) is 11.6. The number of benzene rings is 3. The van der Waals surface area contributed by atoms with Crippen molar-refractivity contribution in [3.8, 4) is 22.8 Å². The molecule has 0 spiro atoms. The Morgan fingerprint density at radius 3 is 2.55 bits per heavy atom. The van der Waals surface area contributed by atoms with E-state index >= 15 is 0 Å². The molecule has 0 atom stereocenters. The summed E-state index contributed by atoms with van der Waals surface area (Å²) in [6.07, 6.45) is 3.12. The van der Waals surface area contributed by atoms with Crippen LogP contribution in [0.2, 0.25) is 0 Å². The van der Waals surface area contributed by atoms with Crippen LogP contribution in [-0.4, -0.2) is 36.8 Å². The summed E-state index contributed by atoms with van der Waals surface area (Å²) in [6.45, 7) is 1.58. The van der Waals surface area contributed by atoms with Crippen molar-refractivity contribution < 1.29 is 27.0 Å². The molecule has 0 amide bonds. The van der Waals surface area contributed by atoms with E-state index in [9.17, 15) is 22.3 Å². The average Bonchev–Trinajstić information content (AvgIpc) is 3.35. The van der Waals surface area contributed by atoms with E-state index in [-0.39, 0.29) is 15.9 Å². The predicted molar refractivity (Wildman–Crippen MR) is 158 cm³/mol. The molecule has 0 fully saturated rings. The summed E-state index contributed by atoms with van der Waals surface area (Å²) in [5.41, 5.74) is 2.71. The third-order valence-corrected chi connectivity index (χ3v) is 8.69. The lowest BCUT2D eigenvalue weighted by Crippen LogP contribution is -2.15. The van der Waals surface area contributed by atoms with E-state index < -0.39 is 21.7 Å². The number of nitrogens with one attached hydrogen (secondary N) is 1. The molecular formula is C30H24F2N4O4S2. The molecule has 0 bridgehead atoms. The summed E-state index contributed by atoms with van der Waals surface area (Å²) in [6, 6.07) is 19.4. The number of aryl methyl sites for hydroxylation is 1. The smallest absolute Gasteiger partial charge is 0.281 e. The van der Waals surface area contributed by atoms with Gasteiger partial charge in [-0.2, -0.15) is 8.42 Å². The number of pyridine rings is 1. The van der Waals surface area contributed by atoms with Crippen LogP contribution in [0.25, 0.3) is 11.3 Å². The highest BCUT2D eigenvalue weighted by Gasteiger charge is 2.23. The van der Waals surface area contributed by atoms with E-state index in [1.165, 1.54) is 25.6 Å². The first-order chi connectivity index (χ1) is 20.1. The van der Waals surface area contributed by atoms with Gasteiger partial charge in [-0.3, -0.25) is 9.71 Å². The van der Waals surface area contributed by atoms with Gasteiger partial charge in [0.1, 0.15) is 0 Å². The molecule has 0 saturated heterocycles. The number of ether oxygens (including phenoxy) is 1. The topological polar surface area (TPSA) is 114 Å². The molecule has 5 rings (SSSR count). The second-order valence-electron chi connectivity index (χ2n) is 9.16. The van der Waals surface area contributed by atoms with Gasteiger partial charge in [0, 0.05) is 28.6 Å². The summed E-state index contributed by atoms with van der Waals surface area (Å²) in [5, 5.41) is 10.1. The number of aromatic nitrogens is 2. The molecule has 2 heterocycles. The fourth-order valence-corrected chi connectivity index (χ4v) is 6.59. The number of nitrogens with zero attached hydrogens (tertiary/aromatic N) is 3. The quantitative estimate of drug-likeness (QED) is 0.182. The summed E-state index contributed by atoms with van der Waals surface area (Å²) >= 11 is 1.10. The number of aromatic hydroxyl groups is 1. The number of anilines is 1. The van der Waals surface area contributed by atoms with Crippen LogP contribution in [0.1, 0.15) is 21.6 Å². The molecule has 5 aromatic rings. The second-order valence-corrected chi connectivity index (χ2v) is 11.8. The number of hydrogen-bond acceptors (Lipinski definition) is 8. The molecule has 0 radical (unpaired) electrons. The monoisotopic (exact) mass is 606 g/mol. The molecule has 2 N–H and O–H groups in total. The zero-order chi connectivity index (χ0) is 29.9. The van der Waals surface area contributed by atoms with Crippen molar-refractivity contribution in [2.24, 2.45) is 4.99 Å². The molecule has 3 aromatic carbocycles. The van der Waals surface area contributed by atoms with Crippen LogP contribution in [0, 0.1) is 18.6 Å². The third-order valence-electron chi connectivity index (χ3n) is 6.19. The van der Waals surface area contributed by atoms with Crippen molar-refractivity contribution in [2.75, 3.05) is 11.8 Å². The summed E-state index contributed by atoms with van der Waals surface area (Å²) in [7, 11) is -2.73. The van der Waals surface area contributed by atoms with E-state index in [0.29, 0.717) is 45.1 Å². The fraction of sp³-hybridized carbons (Fsp3) is 0.100. The number of thiazole rings is 1. The minimum atomic E-state index is -4.17. The van der Waals surface area contributed by atoms with Gasteiger partial charge in [0.2, 0.25) is 0 Å². The number of methoxy groups -OCH3 is 1. The van der Waals surface area contributed by atoms with Gasteiger partial charge in [0.15, 0.2) is 33.3 Å². The molecule has 2 aromatic heterocycles. The van der Waals surface area contributed by atoms with E-state index in [0.717, 1.165) is 29.0 Å². The summed E-state index contributed by atoms with van der Waals surface area (Å²) < 4.78 is 61.9. The van der Waals surface area contributed by atoms with Crippen molar-refractivity contribution >= 4 is 38.4 Å². The first kappa shape index (κ1) is 28.8. The Kier molecular flexibility index (Phi) is 8.27. The van der Waals surface area contributed by atoms with Gasteiger partial charge < -0.3 is 9.84 Å². The van der Waals surface area contributed by atoms with Crippen LogP contribution < -0.4 is 9.46 Å². The molecule has 0 aliphatic rings. The molecule has 214 valence electrons. The molecule has 12 heteroatoms. The third kappa shape index (κ3) is 6.29. The van der Waals surface area contributed by atoms with Crippen molar-refractivity contribution in [1.82, 2.24) is 9.97 Å². The zero-order valence-electron chi connectivity index (χ0n) is 22.4. The first-order valence-electron chi connectivity index (χ1n) is 12.5. The van der Waals surface area contributed by atoms with Crippen molar-refractivity contribution in [2.45, 2.75) is 18.4 Å². The van der Waals surface area contributed by atoms with Crippen LogP contribution in [0.4, 0.5) is 19.6 Å². The van der Waals surface area contributed by atoms with Gasteiger partial charge in [-0.1, -0.05) is 36.4 Å². The van der Waals surface area contributed by atoms with Gasteiger partial charge in [-0.05, 0) is 54.4 Å². The lowest BCUT2D eigenvalue weighted by molar-refractivity contribution is 0.373. The summed E-state index contributed by atoms with van der Waals surface area (Å²) in [5.74, 6) is -1.80. The predicted octanol–water partition coefficient (Wildman–Crippen LogP) is 6.65. The van der Waals surface area contributed by atoms with Crippen LogP contribution in [0.3, 0.4) is 0 Å². The lowest BCUT2D eigenvalue weighted by Gasteiger charge is -2.08. The maximum absolute atomic E-state index is 14.1. The Morgan fingerprint density at radius 2 is 1.83 bits per heavy atom. The molecule has 0 unspecified atom stereocenters. The number of phenols is 1. The van der Waals surface area contributed by atoms with Crippen LogP contribution in [0.5, 0.6) is 11.5 Å². The molecule has 42 heavy (non-hydrogen) atoms. The van der Waals surface area contributed by atoms with E-state index in [2.05, 4.69) is 19.7 Å².